The number of carbonyl (C=O) groups excluding carboxylic acids is 3. The van der Waals surface area contributed by atoms with E-state index in [-0.39, 0.29) is 11.3 Å². The molecule has 5 rings (SSSR count). The van der Waals surface area contributed by atoms with Crippen molar-refractivity contribution in [3.05, 3.63) is 133 Å². The van der Waals surface area contributed by atoms with Crippen LogP contribution in [0.25, 0.3) is 10.2 Å². The van der Waals surface area contributed by atoms with Crippen LogP contribution in [0, 0.1) is 0 Å². The number of fused-ring (bicyclic) bond motifs is 1. The number of nitrogens with zero attached hydrogens (tertiary/aromatic N) is 3. The molecule has 0 atom stereocenters. The molecule has 4 aromatic carbocycles. The van der Waals surface area contributed by atoms with E-state index < -0.39 is 17.9 Å². The van der Waals surface area contributed by atoms with Crippen LogP contribution in [0.4, 0.5) is 5.13 Å². The molecule has 1 aromatic heterocycles. The Morgan fingerprint density at radius 3 is 2.11 bits per heavy atom. The average molecular weight is 748 g/mol. The third kappa shape index (κ3) is 11.4. The molecule has 0 saturated carbocycles. The van der Waals surface area contributed by atoms with Gasteiger partial charge in [-0.3, -0.25) is 0 Å². The van der Waals surface area contributed by atoms with Crippen molar-refractivity contribution < 1.29 is 38.1 Å². The summed E-state index contributed by atoms with van der Waals surface area (Å²) in [7, 11) is 1.56. The van der Waals surface area contributed by atoms with Crippen molar-refractivity contribution in [3.8, 4) is 23.0 Å². The quantitative estimate of drug-likeness (QED) is 0.0145. The SMILES string of the molecule is C=CCCN(/N=C/c1cc(OC(=O)c2ccc(OC(=O)c3ccc(OCCCCCCOC(=O)C=C)cc3)cc2)ccc1OC)c1nc2ccccc2s1. The summed E-state index contributed by atoms with van der Waals surface area (Å²) in [5.41, 5.74) is 2.12. The van der Waals surface area contributed by atoms with Gasteiger partial charge in [0.15, 0.2) is 0 Å². The zero-order valence-corrected chi connectivity index (χ0v) is 30.8. The molecular formula is C42H41N3O8S. The minimum absolute atomic E-state index is 0.268. The second-order valence-electron chi connectivity index (χ2n) is 11.8. The number of rotatable bonds is 20. The zero-order chi connectivity index (χ0) is 38.1. The van der Waals surface area contributed by atoms with Gasteiger partial charge in [0, 0.05) is 18.2 Å². The molecule has 54 heavy (non-hydrogen) atoms. The first-order valence-electron chi connectivity index (χ1n) is 17.4. The van der Waals surface area contributed by atoms with Crippen LogP contribution in [-0.2, 0) is 9.53 Å². The number of anilines is 1. The van der Waals surface area contributed by atoms with E-state index in [1.807, 2.05) is 35.4 Å². The second kappa shape index (κ2) is 20.1. The van der Waals surface area contributed by atoms with Crippen LogP contribution in [-0.4, -0.2) is 56.0 Å². The molecule has 0 radical (unpaired) electrons. The summed E-state index contributed by atoms with van der Waals surface area (Å²) >= 11 is 1.54. The van der Waals surface area contributed by atoms with Crippen LogP contribution in [0.15, 0.2) is 121 Å². The van der Waals surface area contributed by atoms with Crippen LogP contribution in [0.1, 0.15) is 58.4 Å². The largest absolute Gasteiger partial charge is 0.496 e. The Bertz CT molecular complexity index is 2040. The number of aromatic nitrogens is 1. The molecule has 0 aliphatic rings. The highest BCUT2D eigenvalue weighted by molar-refractivity contribution is 7.22. The van der Waals surface area contributed by atoms with E-state index in [1.165, 1.54) is 24.3 Å². The van der Waals surface area contributed by atoms with Gasteiger partial charge in [0.1, 0.15) is 23.0 Å². The predicted molar refractivity (Wildman–Crippen MR) is 210 cm³/mol. The summed E-state index contributed by atoms with van der Waals surface area (Å²) in [6.07, 6.45) is 8.82. The molecule has 0 aliphatic heterocycles. The molecule has 0 unspecified atom stereocenters. The van der Waals surface area contributed by atoms with Crippen LogP contribution >= 0.6 is 11.3 Å². The number of esters is 3. The fraction of sp³-hybridized carbons (Fsp3) is 0.214. The Hall–Kier alpha value is -6.27. The first kappa shape index (κ1) is 38.9. The molecule has 1 heterocycles. The molecule has 0 saturated heterocycles. The molecule has 0 aliphatic carbocycles. The summed E-state index contributed by atoms with van der Waals surface area (Å²) in [5, 5.41) is 7.26. The van der Waals surface area contributed by atoms with E-state index in [9.17, 15) is 14.4 Å². The summed E-state index contributed by atoms with van der Waals surface area (Å²) in [6.45, 7) is 8.69. The second-order valence-corrected chi connectivity index (χ2v) is 12.8. The van der Waals surface area contributed by atoms with Crippen LogP contribution in [0.3, 0.4) is 0 Å². The molecule has 12 heteroatoms. The Kier molecular flexibility index (Phi) is 14.5. The summed E-state index contributed by atoms with van der Waals surface area (Å²) in [6, 6.07) is 25.7. The number of ether oxygens (including phenoxy) is 5. The zero-order valence-electron chi connectivity index (χ0n) is 30.0. The van der Waals surface area contributed by atoms with Crippen molar-refractivity contribution in [1.29, 1.82) is 0 Å². The number of hydrazone groups is 1. The lowest BCUT2D eigenvalue weighted by atomic mass is 10.2. The van der Waals surface area contributed by atoms with Gasteiger partial charge >= 0.3 is 17.9 Å². The van der Waals surface area contributed by atoms with Crippen molar-refractivity contribution in [2.24, 2.45) is 5.10 Å². The van der Waals surface area contributed by atoms with Gasteiger partial charge in [0.05, 0.1) is 47.9 Å². The number of methoxy groups -OCH3 is 1. The van der Waals surface area contributed by atoms with Crippen LogP contribution in [0.2, 0.25) is 0 Å². The number of hydrogen-bond acceptors (Lipinski definition) is 12. The normalized spacial score (nSPS) is 10.8. The van der Waals surface area contributed by atoms with Crippen molar-refractivity contribution in [1.82, 2.24) is 4.98 Å². The van der Waals surface area contributed by atoms with Gasteiger partial charge in [0.2, 0.25) is 5.13 Å². The Morgan fingerprint density at radius 2 is 1.44 bits per heavy atom. The minimum atomic E-state index is -0.590. The highest BCUT2D eigenvalue weighted by Crippen LogP contribution is 2.30. The topological polar surface area (TPSA) is 126 Å². The lowest BCUT2D eigenvalue weighted by Crippen LogP contribution is -2.17. The van der Waals surface area contributed by atoms with E-state index in [1.54, 1.807) is 67.1 Å². The van der Waals surface area contributed by atoms with E-state index in [2.05, 4.69) is 13.2 Å². The van der Waals surface area contributed by atoms with E-state index in [0.29, 0.717) is 54.6 Å². The molecule has 5 aromatic rings. The summed E-state index contributed by atoms with van der Waals surface area (Å²) in [4.78, 5) is 41.6. The molecule has 11 nitrogen and oxygen atoms in total. The lowest BCUT2D eigenvalue weighted by molar-refractivity contribution is -0.137. The summed E-state index contributed by atoms with van der Waals surface area (Å²) in [5.74, 6) is 0.212. The standard InChI is InChI=1S/C42H41N3O8S/c1-4-6-25-45(42-44-36-13-9-10-14-38(36)54-42)43-29-32-28-35(23-24-37(32)49-3)53-41(48)31-17-21-34(22-18-31)52-40(47)30-15-19-33(20-16-30)50-26-11-7-8-12-27-51-39(46)5-2/h4-5,9-10,13-24,28-29H,1-2,6-8,11-12,25-27H2,3H3/b43-29+. The number of para-hydroxylation sites is 1. The highest BCUT2D eigenvalue weighted by atomic mass is 32.1. The smallest absolute Gasteiger partial charge is 0.343 e. The van der Waals surface area contributed by atoms with Gasteiger partial charge in [-0.15, -0.1) is 6.58 Å². The Labute approximate surface area is 318 Å². The van der Waals surface area contributed by atoms with Gasteiger partial charge in [0.25, 0.3) is 0 Å². The third-order valence-electron chi connectivity index (χ3n) is 7.91. The van der Waals surface area contributed by atoms with E-state index in [4.69, 9.17) is 33.8 Å². The van der Waals surface area contributed by atoms with Crippen molar-refractivity contribution in [3.63, 3.8) is 0 Å². The number of hydrogen-bond donors (Lipinski definition) is 0. The Morgan fingerprint density at radius 1 is 0.796 bits per heavy atom. The monoisotopic (exact) mass is 747 g/mol. The van der Waals surface area contributed by atoms with Gasteiger partial charge in [-0.2, -0.15) is 5.10 Å². The highest BCUT2D eigenvalue weighted by Gasteiger charge is 2.15. The molecule has 0 N–H and O–H groups in total. The van der Waals surface area contributed by atoms with Gasteiger partial charge in [-0.05, 0) is 111 Å². The fourth-order valence-corrected chi connectivity index (χ4v) is 6.00. The molecule has 0 fully saturated rings. The molecule has 0 spiro atoms. The Balaban J connectivity index is 1.12. The number of carbonyl (C=O) groups is 3. The minimum Gasteiger partial charge on any atom is -0.496 e. The van der Waals surface area contributed by atoms with E-state index in [0.717, 1.165) is 47.1 Å². The van der Waals surface area contributed by atoms with Gasteiger partial charge in [-0.1, -0.05) is 36.1 Å². The van der Waals surface area contributed by atoms with Crippen LogP contribution in [0.5, 0.6) is 23.0 Å². The first-order valence-corrected chi connectivity index (χ1v) is 18.2. The average Bonchev–Trinajstić information content (AvgIpc) is 3.63. The van der Waals surface area contributed by atoms with Crippen molar-refractivity contribution in [2.75, 3.05) is 31.9 Å². The molecule has 278 valence electrons. The van der Waals surface area contributed by atoms with Crippen molar-refractivity contribution >= 4 is 50.8 Å². The van der Waals surface area contributed by atoms with E-state index >= 15 is 0 Å². The number of benzene rings is 4. The lowest BCUT2D eigenvalue weighted by Gasteiger charge is -2.15. The fourth-order valence-electron chi connectivity index (χ4n) is 5.05. The number of unbranched alkanes of at least 4 members (excludes halogenated alkanes) is 3. The maximum atomic E-state index is 13.1. The summed E-state index contributed by atoms with van der Waals surface area (Å²) < 4.78 is 28.5. The maximum Gasteiger partial charge on any atom is 0.343 e. The first-order chi connectivity index (χ1) is 26.4. The van der Waals surface area contributed by atoms with Gasteiger partial charge in [-0.25, -0.2) is 24.4 Å². The predicted octanol–water partition coefficient (Wildman–Crippen LogP) is 8.83. The van der Waals surface area contributed by atoms with Gasteiger partial charge < -0.3 is 23.7 Å². The van der Waals surface area contributed by atoms with Crippen molar-refractivity contribution in [2.45, 2.75) is 32.1 Å². The molecular weight excluding hydrogens is 707 g/mol. The third-order valence-corrected chi connectivity index (χ3v) is 8.96. The maximum absolute atomic E-state index is 13.1. The molecule has 0 bridgehead atoms. The molecule has 0 amide bonds. The number of thiazole rings is 1. The van der Waals surface area contributed by atoms with Crippen LogP contribution < -0.4 is 24.0 Å².